The predicted octanol–water partition coefficient (Wildman–Crippen LogP) is 1.17. The average molecular weight is 175 g/mol. The minimum atomic E-state index is 0.127. The van der Waals surface area contributed by atoms with E-state index in [-0.39, 0.29) is 6.04 Å². The van der Waals surface area contributed by atoms with Gasteiger partial charge in [0.2, 0.25) is 0 Å². The summed E-state index contributed by atoms with van der Waals surface area (Å²) >= 11 is 0. The van der Waals surface area contributed by atoms with Crippen LogP contribution in [0.3, 0.4) is 0 Å². The Labute approximate surface area is 75.2 Å². The van der Waals surface area contributed by atoms with Gasteiger partial charge in [-0.05, 0) is 19.8 Å². The fraction of sp³-hybridized carbons (Fsp3) is 1.00. The average Bonchev–Trinajstić information content (AvgIpc) is 2.09. The zero-order chi connectivity index (χ0) is 9.23. The monoisotopic (exact) mass is 175 g/mol. The van der Waals surface area contributed by atoms with Crippen LogP contribution in [0.15, 0.2) is 0 Å². The third kappa shape index (κ3) is 7.98. The first-order chi connectivity index (χ1) is 5.81. The van der Waals surface area contributed by atoms with Gasteiger partial charge in [-0.1, -0.05) is 6.92 Å². The van der Waals surface area contributed by atoms with Gasteiger partial charge in [-0.3, -0.25) is 0 Å². The molecule has 1 atom stereocenters. The first-order valence-electron chi connectivity index (χ1n) is 4.72. The van der Waals surface area contributed by atoms with Gasteiger partial charge in [0.1, 0.15) is 0 Å². The maximum absolute atomic E-state index is 5.74. The van der Waals surface area contributed by atoms with Crippen molar-refractivity contribution < 1.29 is 9.47 Å². The van der Waals surface area contributed by atoms with Crippen molar-refractivity contribution in [2.45, 2.75) is 32.7 Å². The second kappa shape index (κ2) is 8.97. The molecule has 0 bridgehead atoms. The molecule has 3 heteroatoms. The van der Waals surface area contributed by atoms with Crippen LogP contribution in [0.5, 0.6) is 0 Å². The van der Waals surface area contributed by atoms with Crippen LogP contribution in [-0.2, 0) is 9.47 Å². The molecule has 74 valence electrons. The van der Waals surface area contributed by atoms with Crippen molar-refractivity contribution in [3.63, 3.8) is 0 Å². The highest BCUT2D eigenvalue weighted by Crippen LogP contribution is 1.91. The van der Waals surface area contributed by atoms with E-state index < -0.39 is 0 Å². The zero-order valence-corrected chi connectivity index (χ0v) is 8.21. The second-order valence-electron chi connectivity index (χ2n) is 2.82. The number of rotatable bonds is 8. The van der Waals surface area contributed by atoms with Crippen LogP contribution >= 0.6 is 0 Å². The summed E-state index contributed by atoms with van der Waals surface area (Å²) in [7, 11) is 0. The fourth-order valence-electron chi connectivity index (χ4n) is 0.834. The largest absolute Gasteiger partial charge is 0.381 e. The third-order valence-electron chi connectivity index (χ3n) is 1.52. The number of nitrogens with two attached hydrogens (primary N) is 1. The molecule has 0 rings (SSSR count). The quantitative estimate of drug-likeness (QED) is 0.563. The molecule has 0 heterocycles. The van der Waals surface area contributed by atoms with Crippen LogP contribution in [0.4, 0.5) is 0 Å². The summed E-state index contributed by atoms with van der Waals surface area (Å²) in [6.07, 6.45) is 1.96. The molecule has 0 aromatic heterocycles. The Morgan fingerprint density at radius 1 is 1.17 bits per heavy atom. The summed E-state index contributed by atoms with van der Waals surface area (Å²) in [4.78, 5) is 0. The maximum Gasteiger partial charge on any atom is 0.0618 e. The van der Waals surface area contributed by atoms with Crippen molar-refractivity contribution in [1.29, 1.82) is 0 Å². The molecular weight excluding hydrogens is 154 g/mol. The van der Waals surface area contributed by atoms with Gasteiger partial charge >= 0.3 is 0 Å². The normalized spacial score (nSPS) is 13.2. The molecule has 0 aliphatic rings. The molecule has 0 aromatic rings. The third-order valence-corrected chi connectivity index (χ3v) is 1.52. The molecule has 2 N–H and O–H groups in total. The van der Waals surface area contributed by atoms with Crippen LogP contribution in [0.2, 0.25) is 0 Å². The van der Waals surface area contributed by atoms with Gasteiger partial charge in [-0.25, -0.2) is 0 Å². The topological polar surface area (TPSA) is 44.5 Å². The lowest BCUT2D eigenvalue weighted by molar-refractivity contribution is 0.0976. The van der Waals surface area contributed by atoms with Crippen molar-refractivity contribution in [2.75, 3.05) is 26.4 Å². The van der Waals surface area contributed by atoms with Crippen molar-refractivity contribution in [2.24, 2.45) is 5.73 Å². The highest BCUT2D eigenvalue weighted by atomic mass is 16.5. The molecule has 0 aliphatic carbocycles. The molecular formula is C9H21NO2. The van der Waals surface area contributed by atoms with E-state index in [1.54, 1.807) is 0 Å². The summed E-state index contributed by atoms with van der Waals surface area (Å²) in [5.74, 6) is 0. The fourth-order valence-corrected chi connectivity index (χ4v) is 0.834. The van der Waals surface area contributed by atoms with Gasteiger partial charge in [0.05, 0.1) is 6.61 Å². The lowest BCUT2D eigenvalue weighted by atomic mass is 10.2. The van der Waals surface area contributed by atoms with E-state index in [2.05, 4.69) is 6.92 Å². The molecule has 1 unspecified atom stereocenters. The Hall–Kier alpha value is -0.120. The van der Waals surface area contributed by atoms with Crippen molar-refractivity contribution in [3.05, 3.63) is 0 Å². The summed E-state index contributed by atoms with van der Waals surface area (Å²) < 4.78 is 10.5. The smallest absolute Gasteiger partial charge is 0.0618 e. The molecule has 3 nitrogen and oxygen atoms in total. The van der Waals surface area contributed by atoms with Gasteiger partial charge in [0.25, 0.3) is 0 Å². The van der Waals surface area contributed by atoms with E-state index in [0.29, 0.717) is 6.61 Å². The Morgan fingerprint density at radius 3 is 2.50 bits per heavy atom. The van der Waals surface area contributed by atoms with E-state index in [0.717, 1.165) is 32.7 Å². The van der Waals surface area contributed by atoms with Crippen molar-refractivity contribution >= 4 is 0 Å². The van der Waals surface area contributed by atoms with Gasteiger partial charge < -0.3 is 15.2 Å². The standard InChI is InChI=1S/C9H21NO2/c1-3-6-12-7-5-9(10)8-11-4-2/h9H,3-8,10H2,1-2H3. The maximum atomic E-state index is 5.74. The van der Waals surface area contributed by atoms with Crippen LogP contribution in [0, 0.1) is 0 Å². The lowest BCUT2D eigenvalue weighted by Gasteiger charge is -2.10. The van der Waals surface area contributed by atoms with Crippen LogP contribution in [-0.4, -0.2) is 32.5 Å². The Balaban J connectivity index is 3.02. The van der Waals surface area contributed by atoms with E-state index in [1.165, 1.54) is 0 Å². The molecule has 0 amide bonds. The molecule has 0 radical (unpaired) electrons. The first kappa shape index (κ1) is 11.9. The Bertz CT molecular complexity index is 88.6. The lowest BCUT2D eigenvalue weighted by Crippen LogP contribution is -2.27. The summed E-state index contributed by atoms with van der Waals surface area (Å²) in [6, 6.07) is 0.127. The SMILES string of the molecule is CCCOCCC(N)COCC. The minimum absolute atomic E-state index is 0.127. The summed E-state index contributed by atoms with van der Waals surface area (Å²) in [5.41, 5.74) is 5.74. The molecule has 0 saturated carbocycles. The van der Waals surface area contributed by atoms with Gasteiger partial charge in [-0.2, -0.15) is 0 Å². The summed E-state index contributed by atoms with van der Waals surface area (Å²) in [5, 5.41) is 0. The minimum Gasteiger partial charge on any atom is -0.381 e. The number of ether oxygens (including phenoxy) is 2. The molecule has 0 aromatic carbocycles. The summed E-state index contributed by atoms with van der Waals surface area (Å²) in [6.45, 7) is 7.04. The highest BCUT2D eigenvalue weighted by Gasteiger charge is 2.00. The predicted molar refractivity (Wildman–Crippen MR) is 50.2 cm³/mol. The van der Waals surface area contributed by atoms with E-state index in [1.807, 2.05) is 6.92 Å². The number of hydrogen-bond acceptors (Lipinski definition) is 3. The first-order valence-corrected chi connectivity index (χ1v) is 4.72. The van der Waals surface area contributed by atoms with Gasteiger partial charge in [-0.15, -0.1) is 0 Å². The van der Waals surface area contributed by atoms with E-state index in [9.17, 15) is 0 Å². The van der Waals surface area contributed by atoms with Crippen molar-refractivity contribution in [3.8, 4) is 0 Å². The Morgan fingerprint density at radius 2 is 1.92 bits per heavy atom. The molecule has 12 heavy (non-hydrogen) atoms. The zero-order valence-electron chi connectivity index (χ0n) is 8.21. The molecule has 0 aliphatic heterocycles. The van der Waals surface area contributed by atoms with Gasteiger partial charge in [0, 0.05) is 25.9 Å². The van der Waals surface area contributed by atoms with Crippen LogP contribution in [0.25, 0.3) is 0 Å². The molecule has 0 saturated heterocycles. The molecule has 0 spiro atoms. The second-order valence-corrected chi connectivity index (χ2v) is 2.82. The van der Waals surface area contributed by atoms with Crippen LogP contribution in [0.1, 0.15) is 26.7 Å². The van der Waals surface area contributed by atoms with Crippen LogP contribution < -0.4 is 5.73 Å². The number of hydrogen-bond donors (Lipinski definition) is 1. The van der Waals surface area contributed by atoms with Gasteiger partial charge in [0.15, 0.2) is 0 Å². The van der Waals surface area contributed by atoms with E-state index in [4.69, 9.17) is 15.2 Å². The van der Waals surface area contributed by atoms with E-state index >= 15 is 0 Å². The Kier molecular flexibility index (Phi) is 8.88. The molecule has 0 fully saturated rings. The van der Waals surface area contributed by atoms with Crippen molar-refractivity contribution in [1.82, 2.24) is 0 Å². The highest BCUT2D eigenvalue weighted by molar-refractivity contribution is 4.58.